The molecule has 4 aromatic heterocycles. The van der Waals surface area contributed by atoms with Crippen molar-refractivity contribution in [2.75, 3.05) is 83.1 Å². The molecule has 4 heterocycles. The first-order chi connectivity index (χ1) is 37.6. The topological polar surface area (TPSA) is 232 Å². The number of nitrogens with zero attached hydrogens (tertiary/aromatic N) is 10. The summed E-state index contributed by atoms with van der Waals surface area (Å²) in [5, 5.41) is 59.1. The fraction of sp³-hybridized carbons (Fsp3) is 0.276. The second-order valence-electron chi connectivity index (χ2n) is 20.1. The molecule has 0 aliphatic carbocycles. The van der Waals surface area contributed by atoms with E-state index < -0.39 is 22.9 Å². The lowest BCUT2D eigenvalue weighted by Gasteiger charge is -2.34. The highest BCUT2D eigenvalue weighted by atomic mass is 16.5. The van der Waals surface area contributed by atoms with Gasteiger partial charge in [0.25, 0.3) is 0 Å². The van der Waals surface area contributed by atoms with E-state index in [4.69, 9.17) is 19.7 Å². The van der Waals surface area contributed by atoms with Gasteiger partial charge in [-0.3, -0.25) is 9.97 Å². The summed E-state index contributed by atoms with van der Waals surface area (Å²) in [5.74, 6) is 2.40. The molecule has 78 heavy (non-hydrogen) atoms. The average Bonchev–Trinajstić information content (AvgIpc) is 4.30. The van der Waals surface area contributed by atoms with Crippen LogP contribution in [-0.4, -0.2) is 115 Å². The second-order valence-corrected chi connectivity index (χ2v) is 20.1. The number of urea groups is 2. The van der Waals surface area contributed by atoms with Crippen molar-refractivity contribution in [2.45, 2.75) is 52.4 Å². The molecular weight excluding hydrogens is 993 g/mol. The minimum Gasteiger partial charge on any atom is -0.457 e. The summed E-state index contributed by atoms with van der Waals surface area (Å²) >= 11 is 0. The predicted molar refractivity (Wildman–Crippen MR) is 302 cm³/mol. The van der Waals surface area contributed by atoms with E-state index in [1.165, 1.54) is 10.0 Å². The van der Waals surface area contributed by atoms with E-state index in [0.717, 1.165) is 0 Å². The van der Waals surface area contributed by atoms with Gasteiger partial charge in [0.2, 0.25) is 0 Å². The molecule has 4 amide bonds. The predicted octanol–water partition coefficient (Wildman–Crippen LogP) is 9.30. The summed E-state index contributed by atoms with van der Waals surface area (Å²) in [4.78, 5) is 43.7. The van der Waals surface area contributed by atoms with E-state index in [1.807, 2.05) is 99.9 Å². The summed E-state index contributed by atoms with van der Waals surface area (Å²) in [7, 11) is 0. The number of hydrogen-bond acceptors (Lipinski definition) is 14. The van der Waals surface area contributed by atoms with Gasteiger partial charge in [0.05, 0.1) is 49.2 Å². The number of pyridine rings is 2. The number of aromatic nitrogens is 6. The van der Waals surface area contributed by atoms with Gasteiger partial charge in [-0.15, -0.1) is 0 Å². The van der Waals surface area contributed by atoms with E-state index >= 15 is 9.59 Å². The number of hydrazine groups is 1. The molecule has 4 aromatic carbocycles. The number of aliphatic hydroxyl groups is 4. The second kappa shape index (κ2) is 24.9. The first kappa shape index (κ1) is 55.4. The van der Waals surface area contributed by atoms with E-state index in [1.54, 1.807) is 119 Å². The molecule has 0 spiro atoms. The summed E-state index contributed by atoms with van der Waals surface area (Å²) in [5.41, 5.74) is 2.94. The highest BCUT2D eigenvalue weighted by Gasteiger charge is 2.38. The third kappa shape index (κ3) is 13.6. The van der Waals surface area contributed by atoms with Crippen molar-refractivity contribution in [3.8, 4) is 34.4 Å². The molecule has 8 rings (SSSR count). The molecular formula is C58H66N12O8. The van der Waals surface area contributed by atoms with Gasteiger partial charge >= 0.3 is 12.1 Å². The Morgan fingerprint density at radius 2 is 0.808 bits per heavy atom. The summed E-state index contributed by atoms with van der Waals surface area (Å²) in [6.07, 6.45) is 6.49. The van der Waals surface area contributed by atoms with Crippen LogP contribution in [0.2, 0.25) is 0 Å². The zero-order chi connectivity index (χ0) is 55.4. The Hall–Kier alpha value is -8.82. The number of benzene rings is 4. The molecule has 0 unspecified atom stereocenters. The van der Waals surface area contributed by atoms with Gasteiger partial charge in [0.1, 0.15) is 23.0 Å². The van der Waals surface area contributed by atoms with Gasteiger partial charge in [-0.2, -0.15) is 20.2 Å². The van der Waals surface area contributed by atoms with Gasteiger partial charge in [0.15, 0.2) is 11.6 Å². The molecule has 6 N–H and O–H groups in total. The molecule has 8 aromatic rings. The molecule has 406 valence electrons. The minimum atomic E-state index is -0.787. The Morgan fingerprint density at radius 1 is 0.474 bits per heavy atom. The number of nitrogens with one attached hydrogen (secondary N) is 2. The summed E-state index contributed by atoms with van der Waals surface area (Å²) < 4.78 is 15.3. The van der Waals surface area contributed by atoms with Crippen LogP contribution in [0.15, 0.2) is 158 Å². The van der Waals surface area contributed by atoms with Crippen LogP contribution in [-0.2, 0) is 10.8 Å². The van der Waals surface area contributed by atoms with E-state index in [2.05, 4.69) is 20.6 Å². The van der Waals surface area contributed by atoms with Gasteiger partial charge in [-0.25, -0.2) is 19.0 Å². The van der Waals surface area contributed by atoms with Crippen molar-refractivity contribution in [3.63, 3.8) is 0 Å². The zero-order valence-corrected chi connectivity index (χ0v) is 44.6. The van der Waals surface area contributed by atoms with Crippen LogP contribution < -0.4 is 39.9 Å². The molecule has 0 saturated carbocycles. The SMILES string of the molecule is CC(C)(C)c1cc(N(C(=O)Nc2ccc(Oc3ccncc3)cc2)N(C(=O)Nc2ccc(Oc3ccncc3)cc2)c2cc(C(C)(C)C)nn2-c2cccc(N(CCO)CCO)c2)n(-c2cccc(N(CCO)CCO)c2)n1. The van der Waals surface area contributed by atoms with Crippen LogP contribution in [0.4, 0.5) is 44.0 Å². The van der Waals surface area contributed by atoms with Gasteiger partial charge < -0.3 is 50.3 Å². The van der Waals surface area contributed by atoms with Crippen molar-refractivity contribution in [2.24, 2.45) is 0 Å². The van der Waals surface area contributed by atoms with Gasteiger partial charge in [-0.05, 0) is 109 Å². The Kier molecular flexibility index (Phi) is 17.7. The van der Waals surface area contributed by atoms with Gasteiger partial charge in [-0.1, -0.05) is 53.7 Å². The zero-order valence-electron chi connectivity index (χ0n) is 44.6. The number of ether oxygens (including phenoxy) is 2. The molecule has 0 radical (unpaired) electrons. The van der Waals surface area contributed by atoms with Crippen molar-refractivity contribution in [1.82, 2.24) is 29.5 Å². The molecule has 0 aliphatic heterocycles. The van der Waals surface area contributed by atoms with E-state index in [-0.39, 0.29) is 64.2 Å². The minimum absolute atomic E-state index is 0.134. The number of carbonyl (C=O) groups excluding carboxylic acids is 2. The third-order valence-corrected chi connectivity index (χ3v) is 12.3. The van der Waals surface area contributed by atoms with Crippen LogP contribution in [0.1, 0.15) is 52.9 Å². The van der Waals surface area contributed by atoms with Crippen molar-refractivity contribution in [3.05, 3.63) is 170 Å². The number of hydrogen-bond donors (Lipinski definition) is 6. The normalized spacial score (nSPS) is 11.5. The molecule has 20 nitrogen and oxygen atoms in total. The fourth-order valence-corrected chi connectivity index (χ4v) is 8.27. The standard InChI is InChI=1S/C58H66N12O8/c1-57(2,3)51-39-53(67(63-51)45-11-7-9-43(37-45)65(29-33-71)30-34-72)69(55(75)61-41-13-17-47(18-14-41)77-49-21-25-59-26-22-49)70(56(76)62-42-15-19-48(20-16-42)78-50-23-27-60-28-24-50)54-40-52(58(4,5)6)64-68(54)46-12-8-10-44(38-46)66(31-35-73)32-36-74/h7-28,37-40,71-74H,29-36H2,1-6H3,(H,61,75)(H,62,76). The quantitative estimate of drug-likeness (QED) is 0.0391. The number of rotatable bonds is 20. The molecule has 0 saturated heterocycles. The summed E-state index contributed by atoms with van der Waals surface area (Å²) in [6.45, 7) is 12.2. The maximum absolute atomic E-state index is 16.0. The van der Waals surface area contributed by atoms with Crippen molar-refractivity contribution in [1.29, 1.82) is 0 Å². The van der Waals surface area contributed by atoms with Gasteiger partial charge in [0, 0.05) is 96.7 Å². The Labute approximate surface area is 453 Å². The van der Waals surface area contributed by atoms with Crippen LogP contribution in [0.3, 0.4) is 0 Å². The maximum Gasteiger partial charge on any atom is 0.347 e. The molecule has 0 aliphatic rings. The Balaban J connectivity index is 1.36. The lowest BCUT2D eigenvalue weighted by molar-refractivity contribution is 0.248. The monoisotopic (exact) mass is 1060 g/mol. The highest BCUT2D eigenvalue weighted by Crippen LogP contribution is 2.37. The average molecular weight is 1060 g/mol. The molecule has 0 atom stereocenters. The molecule has 20 heteroatoms. The van der Waals surface area contributed by atoms with Crippen molar-refractivity contribution >= 4 is 46.4 Å². The van der Waals surface area contributed by atoms with E-state index in [9.17, 15) is 20.4 Å². The number of amides is 4. The maximum atomic E-state index is 16.0. The van der Waals surface area contributed by atoms with Crippen LogP contribution >= 0.6 is 0 Å². The Bertz CT molecular complexity index is 3000. The first-order valence-corrected chi connectivity index (χ1v) is 25.5. The smallest absolute Gasteiger partial charge is 0.347 e. The third-order valence-electron chi connectivity index (χ3n) is 12.3. The van der Waals surface area contributed by atoms with Crippen LogP contribution in [0.25, 0.3) is 11.4 Å². The summed E-state index contributed by atoms with van der Waals surface area (Å²) in [6, 6.07) is 37.1. The number of carbonyl (C=O) groups is 2. The highest BCUT2D eigenvalue weighted by molar-refractivity contribution is 6.12. The van der Waals surface area contributed by atoms with Crippen molar-refractivity contribution < 1.29 is 39.5 Å². The lowest BCUT2D eigenvalue weighted by atomic mass is 9.92. The van der Waals surface area contributed by atoms with E-state index in [0.29, 0.717) is 68.5 Å². The van der Waals surface area contributed by atoms with Crippen LogP contribution in [0, 0.1) is 0 Å². The first-order valence-electron chi connectivity index (χ1n) is 25.5. The van der Waals surface area contributed by atoms with Crippen LogP contribution in [0.5, 0.6) is 23.0 Å². The number of anilines is 6. The molecule has 0 fully saturated rings. The Morgan fingerprint density at radius 3 is 1.13 bits per heavy atom. The lowest BCUT2D eigenvalue weighted by Crippen LogP contribution is -2.55. The number of aliphatic hydroxyl groups excluding tert-OH is 4. The molecule has 0 bridgehead atoms. The largest absolute Gasteiger partial charge is 0.457 e. The fourth-order valence-electron chi connectivity index (χ4n) is 8.27.